The molecule has 0 aliphatic carbocycles. The molecule has 0 saturated heterocycles. The summed E-state index contributed by atoms with van der Waals surface area (Å²) in [6.45, 7) is 0. The molecule has 1 amide bonds. The summed E-state index contributed by atoms with van der Waals surface area (Å²) in [6.07, 6.45) is 3.77. The predicted octanol–water partition coefficient (Wildman–Crippen LogP) is 4.89. The number of nitrogens with one attached hydrogen (secondary N) is 1. The third-order valence-electron chi connectivity index (χ3n) is 7.23. The molecule has 0 saturated carbocycles. The van der Waals surface area contributed by atoms with E-state index in [9.17, 15) is 26.8 Å². The normalized spacial score (nSPS) is 11.7. The van der Waals surface area contributed by atoms with Gasteiger partial charge in [-0.25, -0.2) is 27.2 Å². The van der Waals surface area contributed by atoms with Gasteiger partial charge in [0.05, 0.1) is 28.6 Å². The summed E-state index contributed by atoms with van der Waals surface area (Å²) < 4.78 is 61.0. The number of hydrogen-bond donors (Lipinski definition) is 1. The second-order valence-corrected chi connectivity index (χ2v) is 12.0. The summed E-state index contributed by atoms with van der Waals surface area (Å²) >= 11 is 0. The smallest absolute Gasteiger partial charge is 0.267 e. The molecule has 0 bridgehead atoms. The van der Waals surface area contributed by atoms with Crippen molar-refractivity contribution in [2.45, 2.75) is 0 Å². The van der Waals surface area contributed by atoms with Crippen molar-refractivity contribution in [3.63, 3.8) is 0 Å². The van der Waals surface area contributed by atoms with E-state index < -0.39 is 33.1 Å². The molecule has 0 aliphatic heterocycles. The van der Waals surface area contributed by atoms with Crippen molar-refractivity contribution in [2.75, 3.05) is 24.7 Å². The highest BCUT2D eigenvalue weighted by Crippen LogP contribution is 2.41. The van der Waals surface area contributed by atoms with Crippen molar-refractivity contribution in [1.82, 2.24) is 19.9 Å². The number of carbonyl (C=O) groups excluding carboxylic acids is 1. The van der Waals surface area contributed by atoms with Crippen molar-refractivity contribution in [3.05, 3.63) is 107 Å². The number of furan rings is 1. The molecule has 13 heteroatoms. The fourth-order valence-corrected chi connectivity index (χ4v) is 5.41. The van der Waals surface area contributed by atoms with Crippen LogP contribution in [-0.2, 0) is 10.0 Å². The largest absolute Gasteiger partial charge is 0.455 e. The van der Waals surface area contributed by atoms with Crippen molar-refractivity contribution in [3.8, 4) is 28.1 Å². The van der Waals surface area contributed by atoms with Gasteiger partial charge in [0.2, 0.25) is 10.0 Å². The molecule has 3 heterocycles. The first-order valence-electron chi connectivity index (χ1n) is 13.1. The Morgan fingerprint density at radius 1 is 0.932 bits per heavy atom. The number of hydrogen-bond acceptors (Lipinski definition) is 7. The van der Waals surface area contributed by atoms with Crippen LogP contribution in [0.5, 0.6) is 0 Å². The maximum absolute atomic E-state index is 13.7. The third kappa shape index (κ3) is 4.96. The average Bonchev–Trinajstić information content (AvgIpc) is 3.38. The van der Waals surface area contributed by atoms with Crippen LogP contribution >= 0.6 is 0 Å². The number of sulfonamides is 1. The van der Waals surface area contributed by atoms with E-state index in [1.54, 1.807) is 6.07 Å². The molecule has 10 nitrogen and oxygen atoms in total. The van der Waals surface area contributed by atoms with Crippen LogP contribution in [0.1, 0.15) is 10.4 Å². The van der Waals surface area contributed by atoms with Gasteiger partial charge in [-0.05, 0) is 60.7 Å². The summed E-state index contributed by atoms with van der Waals surface area (Å²) in [7, 11) is -0.976. The first kappa shape index (κ1) is 28.7. The molecule has 222 valence electrons. The van der Waals surface area contributed by atoms with Gasteiger partial charge >= 0.3 is 0 Å². The molecular weight excluding hydrogens is 592 g/mol. The van der Waals surface area contributed by atoms with Crippen LogP contribution in [0, 0.1) is 11.6 Å². The first-order valence-corrected chi connectivity index (χ1v) is 15.0. The van der Waals surface area contributed by atoms with E-state index in [0.29, 0.717) is 27.8 Å². The molecule has 0 spiro atoms. The van der Waals surface area contributed by atoms with Crippen molar-refractivity contribution in [2.24, 2.45) is 0 Å². The lowest BCUT2D eigenvalue weighted by Gasteiger charge is -2.20. The lowest BCUT2D eigenvalue weighted by molar-refractivity contribution is 0.0964. The van der Waals surface area contributed by atoms with Crippen molar-refractivity contribution >= 4 is 43.6 Å². The van der Waals surface area contributed by atoms with E-state index in [-0.39, 0.29) is 33.6 Å². The molecule has 0 aliphatic rings. The van der Waals surface area contributed by atoms with Crippen LogP contribution in [0.4, 0.5) is 14.5 Å². The summed E-state index contributed by atoms with van der Waals surface area (Å²) in [5, 5.41) is 3.06. The Labute approximate surface area is 249 Å². The van der Waals surface area contributed by atoms with Gasteiger partial charge < -0.3 is 9.73 Å². The van der Waals surface area contributed by atoms with Gasteiger partial charge in [-0.1, -0.05) is 0 Å². The minimum Gasteiger partial charge on any atom is -0.455 e. The summed E-state index contributed by atoms with van der Waals surface area (Å²) in [5.41, 5.74) is 1.70. The molecule has 0 atom stereocenters. The summed E-state index contributed by atoms with van der Waals surface area (Å²) in [6, 6.07) is 15.3. The Kier molecular flexibility index (Phi) is 6.97. The monoisotopic (exact) mass is 615 g/mol. The number of aromatic nitrogens is 3. The van der Waals surface area contributed by atoms with E-state index in [1.807, 2.05) is 0 Å². The number of halogens is 2. The van der Waals surface area contributed by atoms with Gasteiger partial charge in [-0.2, -0.15) is 0 Å². The number of rotatable bonds is 6. The van der Waals surface area contributed by atoms with Crippen LogP contribution in [0.15, 0.2) is 88.5 Å². The summed E-state index contributed by atoms with van der Waals surface area (Å²) in [4.78, 5) is 35.3. The third-order valence-corrected chi connectivity index (χ3v) is 8.42. The predicted molar refractivity (Wildman–Crippen MR) is 162 cm³/mol. The van der Waals surface area contributed by atoms with Crippen LogP contribution in [-0.4, -0.2) is 49.2 Å². The van der Waals surface area contributed by atoms with Gasteiger partial charge in [-0.15, -0.1) is 0 Å². The number of amides is 1. The minimum atomic E-state index is -3.79. The van der Waals surface area contributed by atoms with Gasteiger partial charge in [0.25, 0.3) is 11.5 Å². The first-order chi connectivity index (χ1) is 21.0. The second kappa shape index (κ2) is 10.7. The molecule has 0 unspecified atom stereocenters. The zero-order valence-corrected chi connectivity index (χ0v) is 24.3. The molecule has 1 N–H and O–H groups in total. The zero-order valence-electron chi connectivity index (χ0n) is 23.5. The van der Waals surface area contributed by atoms with Crippen LogP contribution in [0.2, 0.25) is 0 Å². The Balaban J connectivity index is 1.63. The summed E-state index contributed by atoms with van der Waals surface area (Å²) in [5.74, 6) is -1.26. The topological polar surface area (TPSA) is 127 Å². The lowest BCUT2D eigenvalue weighted by atomic mass is 9.99. The standard InChI is InChI=1S/C31H23F2N5O5S/c1-34-30(39)27-23-13-22(18-12-24-29(35-15-18)36-16-38(31(24)40)21-10-8-20(33)9-11-21)25(37(2)44(3,41)42)14-26(23)43-28(27)17-4-6-19(32)7-5-17/h4-16H,1-3H3,(H,34,39). The van der Waals surface area contributed by atoms with Crippen LogP contribution < -0.4 is 15.2 Å². The number of benzene rings is 3. The van der Waals surface area contributed by atoms with Gasteiger partial charge in [0.1, 0.15) is 29.3 Å². The molecule has 44 heavy (non-hydrogen) atoms. The Morgan fingerprint density at radius 3 is 2.23 bits per heavy atom. The fraction of sp³-hybridized carbons (Fsp3) is 0.0968. The molecule has 3 aromatic heterocycles. The van der Waals surface area contributed by atoms with E-state index in [0.717, 1.165) is 10.6 Å². The van der Waals surface area contributed by atoms with E-state index in [1.165, 1.54) is 91.9 Å². The van der Waals surface area contributed by atoms with Crippen LogP contribution in [0.3, 0.4) is 0 Å². The number of nitrogens with zero attached hydrogens (tertiary/aromatic N) is 4. The molecule has 0 radical (unpaired) electrons. The zero-order chi connectivity index (χ0) is 31.3. The Morgan fingerprint density at radius 2 is 1.59 bits per heavy atom. The highest BCUT2D eigenvalue weighted by atomic mass is 32.2. The number of fused-ring (bicyclic) bond motifs is 2. The van der Waals surface area contributed by atoms with Crippen molar-refractivity contribution < 1.29 is 26.4 Å². The SMILES string of the molecule is CNC(=O)c1c(-c2ccc(F)cc2)oc2cc(N(C)S(C)(=O)=O)c(-c3cnc4ncn(-c5ccc(F)cc5)c(=O)c4c3)cc12. The van der Waals surface area contributed by atoms with E-state index >= 15 is 0 Å². The number of carbonyl (C=O) groups is 1. The quantitative estimate of drug-likeness (QED) is 0.283. The maximum atomic E-state index is 13.7. The molecule has 3 aromatic carbocycles. The van der Waals surface area contributed by atoms with E-state index in [4.69, 9.17) is 4.42 Å². The second-order valence-electron chi connectivity index (χ2n) is 9.98. The minimum absolute atomic E-state index is 0.119. The highest BCUT2D eigenvalue weighted by Gasteiger charge is 2.26. The average molecular weight is 616 g/mol. The van der Waals surface area contributed by atoms with E-state index in [2.05, 4.69) is 15.3 Å². The highest BCUT2D eigenvalue weighted by molar-refractivity contribution is 7.92. The fourth-order valence-electron chi connectivity index (χ4n) is 4.90. The Bertz CT molecular complexity index is 2270. The van der Waals surface area contributed by atoms with Gasteiger partial charge in [0, 0.05) is 48.4 Å². The molecule has 6 rings (SSSR count). The molecule has 0 fully saturated rings. The number of pyridine rings is 1. The van der Waals surface area contributed by atoms with Gasteiger partial charge in [-0.3, -0.25) is 18.5 Å². The van der Waals surface area contributed by atoms with Crippen molar-refractivity contribution in [1.29, 1.82) is 0 Å². The maximum Gasteiger partial charge on any atom is 0.267 e. The lowest BCUT2D eigenvalue weighted by Crippen LogP contribution is -2.25. The molecular formula is C31H23F2N5O5S. The Hall–Kier alpha value is -5.43. The number of anilines is 1. The van der Waals surface area contributed by atoms with Crippen LogP contribution in [0.25, 0.3) is 50.1 Å². The van der Waals surface area contributed by atoms with Gasteiger partial charge in [0.15, 0.2) is 5.65 Å². The molecule has 6 aromatic rings.